The molecule has 5 nitrogen and oxygen atoms in total. The van der Waals surface area contributed by atoms with E-state index < -0.39 is 0 Å². The molecule has 1 aromatic carbocycles. The van der Waals surface area contributed by atoms with Crippen molar-refractivity contribution in [2.24, 2.45) is 5.92 Å². The van der Waals surface area contributed by atoms with Gasteiger partial charge in [0.1, 0.15) is 0 Å². The van der Waals surface area contributed by atoms with Crippen molar-refractivity contribution in [3.63, 3.8) is 0 Å². The van der Waals surface area contributed by atoms with E-state index in [4.69, 9.17) is 27.9 Å². The van der Waals surface area contributed by atoms with E-state index in [1.54, 1.807) is 18.2 Å². The fraction of sp³-hybridized carbons (Fsp3) is 0.478. The Hall–Kier alpha value is -1.82. The molecule has 0 unspecified atom stereocenters. The van der Waals surface area contributed by atoms with Crippen molar-refractivity contribution in [3.8, 4) is 5.88 Å². The Bertz CT molecular complexity index is 839. The number of likely N-dealkylation sites (tertiary alicyclic amines) is 1. The van der Waals surface area contributed by atoms with Crippen LogP contribution in [0.15, 0.2) is 36.4 Å². The number of aromatic nitrogens is 1. The van der Waals surface area contributed by atoms with Crippen LogP contribution >= 0.6 is 23.2 Å². The largest absolute Gasteiger partial charge is 0.478 e. The molecule has 2 heterocycles. The summed E-state index contributed by atoms with van der Waals surface area (Å²) in [5.41, 5.74) is 1.57. The molecule has 0 bridgehead atoms. The second-order valence-electron chi connectivity index (χ2n) is 7.66. The van der Waals surface area contributed by atoms with Crippen molar-refractivity contribution in [2.45, 2.75) is 39.2 Å². The van der Waals surface area contributed by atoms with E-state index >= 15 is 0 Å². The van der Waals surface area contributed by atoms with Crippen LogP contribution < -0.4 is 10.1 Å². The number of carbonyl (C=O) groups excluding carboxylic acids is 1. The molecular weight excluding hydrogens is 421 g/mol. The molecule has 30 heavy (non-hydrogen) atoms. The molecule has 0 aliphatic carbocycles. The number of nitrogens with zero attached hydrogens (tertiary/aromatic N) is 2. The van der Waals surface area contributed by atoms with Gasteiger partial charge < -0.3 is 15.0 Å². The van der Waals surface area contributed by atoms with Crippen LogP contribution in [-0.2, 0) is 6.54 Å². The van der Waals surface area contributed by atoms with Gasteiger partial charge in [-0.25, -0.2) is 4.98 Å². The third-order valence-electron chi connectivity index (χ3n) is 5.34. The summed E-state index contributed by atoms with van der Waals surface area (Å²) >= 11 is 12.0. The lowest BCUT2D eigenvalue weighted by atomic mass is 9.96. The number of piperidine rings is 1. The molecule has 3 rings (SSSR count). The predicted octanol–water partition coefficient (Wildman–Crippen LogP) is 5.21. The molecule has 1 amide bonds. The lowest BCUT2D eigenvalue weighted by molar-refractivity contribution is 0.0690. The molecule has 162 valence electrons. The van der Waals surface area contributed by atoms with Gasteiger partial charge in [0.05, 0.1) is 22.3 Å². The summed E-state index contributed by atoms with van der Waals surface area (Å²) in [7, 11) is 0. The summed E-state index contributed by atoms with van der Waals surface area (Å²) in [5, 5.41) is 4.38. The first-order valence-corrected chi connectivity index (χ1v) is 11.4. The quantitative estimate of drug-likeness (QED) is 0.533. The third-order valence-corrected chi connectivity index (χ3v) is 6.08. The maximum atomic E-state index is 12.7. The van der Waals surface area contributed by atoms with Gasteiger partial charge in [-0.15, -0.1) is 0 Å². The Morgan fingerprint density at radius 2 is 2.00 bits per heavy atom. The van der Waals surface area contributed by atoms with Gasteiger partial charge in [-0.05, 0) is 56.0 Å². The highest BCUT2D eigenvalue weighted by Gasteiger charge is 2.23. The molecular formula is C23H29Cl2N3O2. The minimum atomic E-state index is 0.0177. The zero-order valence-corrected chi connectivity index (χ0v) is 18.9. The number of amides is 1. The molecule has 0 radical (unpaired) electrons. The first-order valence-electron chi connectivity index (χ1n) is 10.6. The van der Waals surface area contributed by atoms with E-state index in [0.29, 0.717) is 40.6 Å². The van der Waals surface area contributed by atoms with Crippen LogP contribution in [0.3, 0.4) is 0 Å². The second kappa shape index (κ2) is 11.5. The number of hydrogen-bond acceptors (Lipinski definition) is 4. The molecule has 0 atom stereocenters. The summed E-state index contributed by atoms with van der Waals surface area (Å²) in [6, 6.07) is 11.0. The molecule has 0 saturated carbocycles. The summed E-state index contributed by atoms with van der Waals surface area (Å²) < 4.78 is 5.68. The molecule has 1 aromatic heterocycles. The molecule has 1 fully saturated rings. The van der Waals surface area contributed by atoms with Crippen LogP contribution in [0.4, 0.5) is 0 Å². The highest BCUT2D eigenvalue weighted by molar-refractivity contribution is 6.42. The van der Waals surface area contributed by atoms with Crippen molar-refractivity contribution in [1.29, 1.82) is 0 Å². The van der Waals surface area contributed by atoms with E-state index in [2.05, 4.69) is 17.2 Å². The third kappa shape index (κ3) is 6.59. The zero-order chi connectivity index (χ0) is 21.3. The minimum Gasteiger partial charge on any atom is -0.478 e. The number of pyridine rings is 1. The van der Waals surface area contributed by atoms with Crippen LogP contribution in [0.5, 0.6) is 5.88 Å². The van der Waals surface area contributed by atoms with Crippen LogP contribution in [0.25, 0.3) is 0 Å². The smallest absolute Gasteiger partial charge is 0.253 e. The maximum Gasteiger partial charge on any atom is 0.253 e. The van der Waals surface area contributed by atoms with E-state index in [9.17, 15) is 4.79 Å². The van der Waals surface area contributed by atoms with Gasteiger partial charge in [-0.2, -0.15) is 0 Å². The van der Waals surface area contributed by atoms with Gasteiger partial charge in [-0.1, -0.05) is 42.6 Å². The lowest BCUT2D eigenvalue weighted by Crippen LogP contribution is -2.40. The molecule has 2 aromatic rings. The van der Waals surface area contributed by atoms with Gasteiger partial charge in [0.15, 0.2) is 0 Å². The number of ether oxygens (including phenoxy) is 1. The normalized spacial score (nSPS) is 14.7. The Labute approximate surface area is 188 Å². The number of rotatable bonds is 9. The highest BCUT2D eigenvalue weighted by Crippen LogP contribution is 2.25. The number of benzene rings is 1. The van der Waals surface area contributed by atoms with Crippen LogP contribution in [0, 0.1) is 5.92 Å². The van der Waals surface area contributed by atoms with E-state index in [0.717, 1.165) is 51.0 Å². The molecule has 0 spiro atoms. The SMILES string of the molecule is CCCCOc1cccc(CNCC2CCN(C(=O)c3ccc(Cl)c(Cl)c3)CC2)n1. The van der Waals surface area contributed by atoms with Crippen molar-refractivity contribution in [2.75, 3.05) is 26.2 Å². The fourth-order valence-electron chi connectivity index (χ4n) is 3.51. The van der Waals surface area contributed by atoms with Crippen LogP contribution in [0.1, 0.15) is 48.7 Å². The van der Waals surface area contributed by atoms with Crippen molar-refractivity contribution in [3.05, 3.63) is 57.7 Å². The Morgan fingerprint density at radius 3 is 2.73 bits per heavy atom. The number of nitrogens with one attached hydrogen (secondary N) is 1. The van der Waals surface area contributed by atoms with Crippen molar-refractivity contribution < 1.29 is 9.53 Å². The lowest BCUT2D eigenvalue weighted by Gasteiger charge is -2.32. The van der Waals surface area contributed by atoms with Gasteiger partial charge in [0, 0.05) is 31.3 Å². The Kier molecular flexibility index (Phi) is 8.79. The van der Waals surface area contributed by atoms with Crippen LogP contribution in [0.2, 0.25) is 10.0 Å². The maximum absolute atomic E-state index is 12.7. The standard InChI is InChI=1S/C23H29Cl2N3O2/c1-2-3-13-30-22-6-4-5-19(27-22)16-26-15-17-9-11-28(12-10-17)23(29)18-7-8-20(24)21(25)14-18/h4-8,14,17,26H,2-3,9-13,15-16H2,1H3. The number of halogens is 2. The number of unbranched alkanes of at least 4 members (excludes halogenated alkanes) is 1. The average molecular weight is 450 g/mol. The number of hydrogen-bond donors (Lipinski definition) is 1. The molecule has 1 N–H and O–H groups in total. The van der Waals surface area contributed by atoms with Gasteiger partial charge in [0.2, 0.25) is 5.88 Å². The van der Waals surface area contributed by atoms with Gasteiger partial charge in [-0.3, -0.25) is 4.79 Å². The van der Waals surface area contributed by atoms with Crippen LogP contribution in [-0.4, -0.2) is 42.0 Å². The summed E-state index contributed by atoms with van der Waals surface area (Å²) in [6.07, 6.45) is 4.11. The van der Waals surface area contributed by atoms with Crippen molar-refractivity contribution >= 4 is 29.1 Å². The predicted molar refractivity (Wildman–Crippen MR) is 121 cm³/mol. The van der Waals surface area contributed by atoms with E-state index in [1.807, 2.05) is 23.1 Å². The van der Waals surface area contributed by atoms with Gasteiger partial charge >= 0.3 is 0 Å². The monoisotopic (exact) mass is 449 g/mol. The molecule has 1 aliphatic heterocycles. The first kappa shape index (κ1) is 22.9. The fourth-order valence-corrected chi connectivity index (χ4v) is 3.81. The van der Waals surface area contributed by atoms with Crippen molar-refractivity contribution in [1.82, 2.24) is 15.2 Å². The molecule has 1 saturated heterocycles. The second-order valence-corrected chi connectivity index (χ2v) is 8.48. The zero-order valence-electron chi connectivity index (χ0n) is 17.4. The van der Waals surface area contributed by atoms with E-state index in [-0.39, 0.29) is 5.91 Å². The van der Waals surface area contributed by atoms with E-state index in [1.165, 1.54) is 0 Å². The summed E-state index contributed by atoms with van der Waals surface area (Å²) in [6.45, 7) is 5.99. The topological polar surface area (TPSA) is 54.5 Å². The highest BCUT2D eigenvalue weighted by atomic mass is 35.5. The minimum absolute atomic E-state index is 0.0177. The molecule has 1 aliphatic rings. The summed E-state index contributed by atoms with van der Waals surface area (Å²) in [4.78, 5) is 19.1. The first-order chi connectivity index (χ1) is 14.6. The molecule has 7 heteroatoms. The van der Waals surface area contributed by atoms with Gasteiger partial charge in [0.25, 0.3) is 5.91 Å². The summed E-state index contributed by atoms with van der Waals surface area (Å²) in [5.74, 6) is 1.26. The Morgan fingerprint density at radius 1 is 1.20 bits per heavy atom. The average Bonchev–Trinajstić information content (AvgIpc) is 2.76. The number of carbonyl (C=O) groups is 1. The Balaban J connectivity index is 1.40.